The fourth-order valence-electron chi connectivity index (χ4n) is 2.07. The first-order valence-electron chi connectivity index (χ1n) is 7.59. The van der Waals surface area contributed by atoms with Gasteiger partial charge in [-0.05, 0) is 30.0 Å². The summed E-state index contributed by atoms with van der Waals surface area (Å²) >= 11 is 0. The average molecular weight is 306 g/mol. The maximum absolute atomic E-state index is 11.9. The Hall–Kier alpha value is -1.88. The van der Waals surface area contributed by atoms with Crippen LogP contribution in [0.2, 0.25) is 0 Å². The lowest BCUT2D eigenvalue weighted by Gasteiger charge is -2.21. The van der Waals surface area contributed by atoms with Crippen LogP contribution in [0, 0.1) is 0 Å². The molecule has 0 bridgehead atoms. The van der Waals surface area contributed by atoms with Gasteiger partial charge in [0.05, 0.1) is 0 Å². The predicted molar refractivity (Wildman–Crippen MR) is 88.1 cm³/mol. The van der Waals surface area contributed by atoms with Crippen molar-refractivity contribution in [1.29, 1.82) is 0 Å². The lowest BCUT2D eigenvalue weighted by Crippen LogP contribution is -2.40. The van der Waals surface area contributed by atoms with Gasteiger partial charge in [-0.25, -0.2) is 0 Å². The molecule has 1 N–H and O–H groups in total. The molecule has 5 heteroatoms. The number of carbonyl (C=O) groups excluding carboxylic acids is 2. The summed E-state index contributed by atoms with van der Waals surface area (Å²) in [5.41, 5.74) is 1.94. The van der Waals surface area contributed by atoms with E-state index in [-0.39, 0.29) is 18.4 Å². The van der Waals surface area contributed by atoms with Crippen molar-refractivity contribution < 1.29 is 14.3 Å². The average Bonchev–Trinajstić information content (AvgIpc) is 2.49. The lowest BCUT2D eigenvalue weighted by molar-refractivity contribution is -0.123. The fraction of sp³-hybridized carbons (Fsp3) is 0.529. The van der Waals surface area contributed by atoms with Gasteiger partial charge in [-0.3, -0.25) is 9.59 Å². The molecule has 0 aromatic heterocycles. The minimum Gasteiger partial charge on any atom is -0.385 e. The number of amides is 2. The Morgan fingerprint density at radius 2 is 1.86 bits per heavy atom. The zero-order valence-corrected chi connectivity index (χ0v) is 13.9. The van der Waals surface area contributed by atoms with E-state index in [1.165, 1.54) is 17.4 Å². The van der Waals surface area contributed by atoms with Crippen LogP contribution in [0.3, 0.4) is 0 Å². The van der Waals surface area contributed by atoms with Gasteiger partial charge in [0, 0.05) is 32.9 Å². The summed E-state index contributed by atoms with van der Waals surface area (Å²) in [4.78, 5) is 25.2. The van der Waals surface area contributed by atoms with Crippen molar-refractivity contribution >= 4 is 17.5 Å². The van der Waals surface area contributed by atoms with Crippen LogP contribution in [0.5, 0.6) is 0 Å². The predicted octanol–water partition coefficient (Wildman–Crippen LogP) is 2.32. The van der Waals surface area contributed by atoms with Crippen LogP contribution in [0.15, 0.2) is 24.3 Å². The first-order valence-corrected chi connectivity index (χ1v) is 7.59. The summed E-state index contributed by atoms with van der Waals surface area (Å²) in [6, 6.07) is 7.75. The molecule has 0 saturated carbocycles. The van der Waals surface area contributed by atoms with E-state index in [1.807, 2.05) is 24.3 Å². The number of benzene rings is 1. The van der Waals surface area contributed by atoms with Crippen molar-refractivity contribution in [3.8, 4) is 0 Å². The number of nitrogens with zero attached hydrogens (tertiary/aromatic N) is 1. The van der Waals surface area contributed by atoms with Gasteiger partial charge in [-0.15, -0.1) is 0 Å². The summed E-state index contributed by atoms with van der Waals surface area (Å²) in [7, 11) is 1.63. The molecule has 0 spiro atoms. The Morgan fingerprint density at radius 1 is 1.23 bits per heavy atom. The third kappa shape index (κ3) is 5.85. The van der Waals surface area contributed by atoms with Crippen molar-refractivity contribution in [2.24, 2.45) is 0 Å². The van der Waals surface area contributed by atoms with Gasteiger partial charge in [-0.1, -0.05) is 26.0 Å². The molecule has 1 aromatic carbocycles. The molecule has 1 aromatic rings. The molecule has 2 amide bonds. The van der Waals surface area contributed by atoms with Gasteiger partial charge in [-0.2, -0.15) is 0 Å². The Bertz CT molecular complexity index is 483. The van der Waals surface area contributed by atoms with Crippen LogP contribution in [-0.2, 0) is 14.3 Å². The molecule has 0 heterocycles. The molecule has 0 fully saturated rings. The van der Waals surface area contributed by atoms with Gasteiger partial charge < -0.3 is 15.0 Å². The molecule has 0 saturated heterocycles. The summed E-state index contributed by atoms with van der Waals surface area (Å²) in [6.45, 7) is 6.88. The zero-order chi connectivity index (χ0) is 16.5. The summed E-state index contributed by atoms with van der Waals surface area (Å²) in [5.74, 6) is 0.118. The number of ether oxygens (including phenoxy) is 1. The van der Waals surface area contributed by atoms with Gasteiger partial charge in [0.25, 0.3) is 0 Å². The zero-order valence-electron chi connectivity index (χ0n) is 13.9. The van der Waals surface area contributed by atoms with E-state index >= 15 is 0 Å². The van der Waals surface area contributed by atoms with Crippen LogP contribution < -0.4 is 10.2 Å². The Kier molecular flexibility index (Phi) is 7.60. The molecule has 122 valence electrons. The van der Waals surface area contributed by atoms with Crippen LogP contribution in [0.4, 0.5) is 5.69 Å². The van der Waals surface area contributed by atoms with Crippen LogP contribution in [-0.4, -0.2) is 38.6 Å². The van der Waals surface area contributed by atoms with E-state index in [0.717, 1.165) is 12.1 Å². The SMILES string of the molecule is COCCCNC(=O)CN(C(C)=O)c1ccc(C(C)C)cc1. The summed E-state index contributed by atoms with van der Waals surface area (Å²) < 4.78 is 4.93. The van der Waals surface area contributed by atoms with Crippen molar-refractivity contribution in [3.63, 3.8) is 0 Å². The Morgan fingerprint density at radius 3 is 2.36 bits per heavy atom. The highest BCUT2D eigenvalue weighted by atomic mass is 16.5. The second-order valence-corrected chi connectivity index (χ2v) is 5.55. The molecule has 5 nitrogen and oxygen atoms in total. The van der Waals surface area contributed by atoms with E-state index < -0.39 is 0 Å². The third-order valence-corrected chi connectivity index (χ3v) is 3.40. The van der Waals surface area contributed by atoms with Crippen LogP contribution in [0.1, 0.15) is 38.7 Å². The van der Waals surface area contributed by atoms with E-state index in [2.05, 4.69) is 19.2 Å². The second-order valence-electron chi connectivity index (χ2n) is 5.55. The van der Waals surface area contributed by atoms with E-state index in [9.17, 15) is 9.59 Å². The maximum atomic E-state index is 11.9. The third-order valence-electron chi connectivity index (χ3n) is 3.40. The Labute approximate surface area is 132 Å². The molecular formula is C17H26N2O3. The standard InChI is InChI=1S/C17H26N2O3/c1-13(2)15-6-8-16(9-7-15)19(14(3)20)12-17(21)18-10-5-11-22-4/h6-9,13H,5,10-12H2,1-4H3,(H,18,21). The quantitative estimate of drug-likeness (QED) is 0.750. The monoisotopic (exact) mass is 306 g/mol. The highest BCUT2D eigenvalue weighted by molar-refractivity contribution is 5.97. The summed E-state index contributed by atoms with van der Waals surface area (Å²) in [5, 5.41) is 2.79. The second kappa shape index (κ2) is 9.20. The number of hydrogen-bond donors (Lipinski definition) is 1. The number of rotatable bonds is 8. The number of hydrogen-bond acceptors (Lipinski definition) is 3. The van der Waals surface area contributed by atoms with Crippen molar-refractivity contribution in [2.45, 2.75) is 33.1 Å². The highest BCUT2D eigenvalue weighted by Crippen LogP contribution is 2.20. The lowest BCUT2D eigenvalue weighted by atomic mass is 10.0. The Balaban J connectivity index is 2.65. The van der Waals surface area contributed by atoms with E-state index in [0.29, 0.717) is 19.1 Å². The number of methoxy groups -OCH3 is 1. The number of nitrogens with one attached hydrogen (secondary N) is 1. The van der Waals surface area contributed by atoms with Crippen molar-refractivity contribution in [3.05, 3.63) is 29.8 Å². The molecule has 1 rings (SSSR count). The number of carbonyl (C=O) groups is 2. The smallest absolute Gasteiger partial charge is 0.240 e. The van der Waals surface area contributed by atoms with E-state index in [1.54, 1.807) is 7.11 Å². The molecule has 0 atom stereocenters. The van der Waals surface area contributed by atoms with Gasteiger partial charge in [0.1, 0.15) is 6.54 Å². The molecule has 0 aliphatic rings. The summed E-state index contributed by atoms with van der Waals surface area (Å²) in [6.07, 6.45) is 0.755. The van der Waals surface area contributed by atoms with Crippen LogP contribution in [0.25, 0.3) is 0 Å². The van der Waals surface area contributed by atoms with Gasteiger partial charge in [0.2, 0.25) is 11.8 Å². The largest absolute Gasteiger partial charge is 0.385 e. The molecule has 0 aliphatic heterocycles. The van der Waals surface area contributed by atoms with E-state index in [4.69, 9.17) is 4.74 Å². The number of anilines is 1. The molecule has 0 radical (unpaired) electrons. The first kappa shape index (κ1) is 18.2. The highest BCUT2D eigenvalue weighted by Gasteiger charge is 2.15. The molecule has 22 heavy (non-hydrogen) atoms. The normalized spacial score (nSPS) is 10.6. The van der Waals surface area contributed by atoms with Crippen LogP contribution >= 0.6 is 0 Å². The van der Waals surface area contributed by atoms with Crippen molar-refractivity contribution in [1.82, 2.24) is 5.32 Å². The minimum atomic E-state index is -0.167. The molecular weight excluding hydrogens is 280 g/mol. The molecule has 0 unspecified atom stereocenters. The first-order chi connectivity index (χ1) is 10.5. The fourth-order valence-corrected chi connectivity index (χ4v) is 2.07. The maximum Gasteiger partial charge on any atom is 0.240 e. The van der Waals surface area contributed by atoms with Gasteiger partial charge in [0.15, 0.2) is 0 Å². The minimum absolute atomic E-state index is 0.0311. The van der Waals surface area contributed by atoms with Crippen molar-refractivity contribution in [2.75, 3.05) is 31.7 Å². The molecule has 0 aliphatic carbocycles. The topological polar surface area (TPSA) is 58.6 Å². The van der Waals surface area contributed by atoms with Gasteiger partial charge >= 0.3 is 0 Å².